The summed E-state index contributed by atoms with van der Waals surface area (Å²) in [6.45, 7) is 2.36. The Labute approximate surface area is 130 Å². The fraction of sp³-hybridized carbons (Fsp3) is 0.529. The van der Waals surface area contributed by atoms with Crippen molar-refractivity contribution in [2.24, 2.45) is 0 Å². The Kier molecular flexibility index (Phi) is 5.69. The van der Waals surface area contributed by atoms with Crippen LogP contribution in [-0.2, 0) is 20.7 Å². The van der Waals surface area contributed by atoms with Gasteiger partial charge in [0, 0.05) is 6.61 Å². The first-order valence-electron chi connectivity index (χ1n) is 7.75. The quantitative estimate of drug-likeness (QED) is 0.439. The molecule has 1 aromatic rings. The predicted molar refractivity (Wildman–Crippen MR) is 81.7 cm³/mol. The van der Waals surface area contributed by atoms with Crippen LogP contribution in [0.4, 0.5) is 0 Å². The van der Waals surface area contributed by atoms with Crippen LogP contribution in [0, 0.1) is 0 Å². The Morgan fingerprint density at radius 1 is 1.50 bits per heavy atom. The first-order valence-corrected chi connectivity index (χ1v) is 7.75. The van der Waals surface area contributed by atoms with Gasteiger partial charge in [0.15, 0.2) is 6.29 Å². The fourth-order valence-corrected chi connectivity index (χ4v) is 3.20. The summed E-state index contributed by atoms with van der Waals surface area (Å²) in [5.74, 6) is -0.403. The van der Waals surface area contributed by atoms with Gasteiger partial charge < -0.3 is 9.53 Å². The Morgan fingerprint density at radius 2 is 2.27 bits per heavy atom. The van der Waals surface area contributed by atoms with Crippen molar-refractivity contribution in [2.75, 3.05) is 6.61 Å². The number of fused-ring (bicyclic) bond motifs is 1. The highest BCUT2D eigenvalue weighted by atomic mass is 16.5. The molecule has 0 spiro atoms. The molecule has 1 aromatic carbocycles. The molecule has 2 unspecified atom stereocenters. The van der Waals surface area contributed by atoms with Gasteiger partial charge in [0.2, 0.25) is 5.91 Å². The number of hydrogen-bond donors (Lipinski definition) is 2. The second-order valence-electron chi connectivity index (χ2n) is 5.88. The van der Waals surface area contributed by atoms with Crippen LogP contribution in [0.5, 0.6) is 0 Å². The molecule has 0 saturated carbocycles. The first kappa shape index (κ1) is 16.6. The van der Waals surface area contributed by atoms with Crippen molar-refractivity contribution >= 4 is 12.2 Å². The standard InChI is InChI=1S/C17H23NO4/c1-2-9-22-17(12-19,11-16(20)18-21)10-14-8-7-13-5-3-4-6-15(13)14/h3-6,12,14,21H,2,7-11H2,1H3,(H,18,20). The van der Waals surface area contributed by atoms with Gasteiger partial charge in [0.1, 0.15) is 5.60 Å². The van der Waals surface area contributed by atoms with Gasteiger partial charge in [-0.05, 0) is 42.7 Å². The summed E-state index contributed by atoms with van der Waals surface area (Å²) in [4.78, 5) is 23.3. The zero-order valence-electron chi connectivity index (χ0n) is 12.9. The molecule has 22 heavy (non-hydrogen) atoms. The molecule has 0 aromatic heterocycles. The Morgan fingerprint density at radius 3 is 2.95 bits per heavy atom. The topological polar surface area (TPSA) is 75.6 Å². The first-order chi connectivity index (χ1) is 10.6. The van der Waals surface area contributed by atoms with Crippen LogP contribution in [0.1, 0.15) is 49.7 Å². The average molecular weight is 305 g/mol. The number of rotatable bonds is 8. The third-order valence-corrected chi connectivity index (χ3v) is 4.24. The summed E-state index contributed by atoms with van der Waals surface area (Å²) in [6.07, 6.45) is 3.71. The summed E-state index contributed by atoms with van der Waals surface area (Å²) in [5, 5.41) is 8.77. The van der Waals surface area contributed by atoms with Gasteiger partial charge in [-0.2, -0.15) is 0 Å². The van der Waals surface area contributed by atoms with Crippen LogP contribution in [-0.4, -0.2) is 29.6 Å². The molecule has 0 bridgehead atoms. The van der Waals surface area contributed by atoms with E-state index in [9.17, 15) is 9.59 Å². The summed E-state index contributed by atoms with van der Waals surface area (Å²) in [7, 11) is 0. The molecule has 5 heteroatoms. The summed E-state index contributed by atoms with van der Waals surface area (Å²) < 4.78 is 5.74. The van der Waals surface area contributed by atoms with E-state index in [0.717, 1.165) is 25.5 Å². The molecule has 0 aliphatic heterocycles. The molecular formula is C17H23NO4. The minimum Gasteiger partial charge on any atom is -0.367 e. The van der Waals surface area contributed by atoms with Crippen molar-refractivity contribution in [1.29, 1.82) is 0 Å². The SMILES string of the molecule is CCCOC(C=O)(CC(=O)NO)CC1CCc2ccccc21. The maximum absolute atomic E-state index is 11.7. The molecule has 120 valence electrons. The monoisotopic (exact) mass is 305 g/mol. The molecule has 2 rings (SSSR count). The number of ether oxygens (including phenoxy) is 1. The summed E-state index contributed by atoms with van der Waals surface area (Å²) >= 11 is 0. The Hall–Kier alpha value is -1.72. The summed E-state index contributed by atoms with van der Waals surface area (Å²) in [5.41, 5.74) is 2.96. The number of carbonyl (C=O) groups excluding carboxylic acids is 2. The molecule has 2 N–H and O–H groups in total. The van der Waals surface area contributed by atoms with E-state index in [2.05, 4.69) is 12.1 Å². The van der Waals surface area contributed by atoms with Gasteiger partial charge in [-0.25, -0.2) is 5.48 Å². The van der Waals surface area contributed by atoms with E-state index in [0.29, 0.717) is 13.0 Å². The number of hydroxylamine groups is 1. The molecule has 0 heterocycles. The Bertz CT molecular complexity index is 531. The highest BCUT2D eigenvalue weighted by Crippen LogP contribution is 2.39. The lowest BCUT2D eigenvalue weighted by Crippen LogP contribution is -2.41. The lowest BCUT2D eigenvalue weighted by atomic mass is 9.85. The van der Waals surface area contributed by atoms with Crippen LogP contribution in [0.3, 0.4) is 0 Å². The molecule has 1 aliphatic carbocycles. The minimum atomic E-state index is -1.18. The molecule has 5 nitrogen and oxygen atoms in total. The van der Waals surface area contributed by atoms with Gasteiger partial charge in [-0.3, -0.25) is 10.0 Å². The molecule has 0 saturated heterocycles. The van der Waals surface area contributed by atoms with E-state index in [1.807, 2.05) is 19.1 Å². The van der Waals surface area contributed by atoms with Crippen molar-refractivity contribution in [1.82, 2.24) is 5.48 Å². The van der Waals surface area contributed by atoms with E-state index < -0.39 is 11.5 Å². The number of aldehydes is 1. The van der Waals surface area contributed by atoms with Crippen LogP contribution in [0.25, 0.3) is 0 Å². The third kappa shape index (κ3) is 3.72. The fourth-order valence-electron chi connectivity index (χ4n) is 3.20. The van der Waals surface area contributed by atoms with Gasteiger partial charge in [0.25, 0.3) is 0 Å². The average Bonchev–Trinajstić information content (AvgIpc) is 2.95. The third-order valence-electron chi connectivity index (χ3n) is 4.24. The van der Waals surface area contributed by atoms with Crippen LogP contribution < -0.4 is 5.48 Å². The smallest absolute Gasteiger partial charge is 0.246 e. The predicted octanol–water partition coefficient (Wildman–Crippen LogP) is 2.37. The number of benzene rings is 1. The van der Waals surface area contributed by atoms with E-state index in [1.165, 1.54) is 11.1 Å². The van der Waals surface area contributed by atoms with Crippen molar-refractivity contribution in [3.8, 4) is 0 Å². The van der Waals surface area contributed by atoms with Crippen molar-refractivity contribution in [3.05, 3.63) is 35.4 Å². The number of carbonyl (C=O) groups is 2. The van der Waals surface area contributed by atoms with Gasteiger partial charge >= 0.3 is 0 Å². The van der Waals surface area contributed by atoms with E-state index in [1.54, 1.807) is 5.48 Å². The molecule has 0 radical (unpaired) electrons. The minimum absolute atomic E-state index is 0.161. The van der Waals surface area contributed by atoms with Crippen molar-refractivity contribution in [3.63, 3.8) is 0 Å². The lowest BCUT2D eigenvalue weighted by molar-refractivity contribution is -0.146. The number of nitrogens with one attached hydrogen (secondary N) is 1. The van der Waals surface area contributed by atoms with Crippen LogP contribution in [0.2, 0.25) is 0 Å². The zero-order chi connectivity index (χ0) is 16.0. The maximum Gasteiger partial charge on any atom is 0.246 e. The lowest BCUT2D eigenvalue weighted by Gasteiger charge is -2.30. The van der Waals surface area contributed by atoms with E-state index >= 15 is 0 Å². The van der Waals surface area contributed by atoms with E-state index in [-0.39, 0.29) is 12.3 Å². The van der Waals surface area contributed by atoms with Crippen LogP contribution >= 0.6 is 0 Å². The molecule has 1 aliphatic rings. The second-order valence-corrected chi connectivity index (χ2v) is 5.88. The normalized spacial score (nSPS) is 19.3. The van der Waals surface area contributed by atoms with Crippen LogP contribution in [0.15, 0.2) is 24.3 Å². The summed E-state index contributed by atoms with van der Waals surface area (Å²) in [6, 6.07) is 8.19. The second kappa shape index (κ2) is 7.51. The van der Waals surface area contributed by atoms with Gasteiger partial charge in [0.05, 0.1) is 6.42 Å². The molecule has 1 amide bonds. The number of aryl methyl sites for hydroxylation is 1. The zero-order valence-corrected chi connectivity index (χ0v) is 12.9. The van der Waals surface area contributed by atoms with Gasteiger partial charge in [-0.1, -0.05) is 31.2 Å². The molecule has 0 fully saturated rings. The Balaban J connectivity index is 2.18. The number of amides is 1. The highest BCUT2D eigenvalue weighted by molar-refractivity contribution is 5.81. The largest absolute Gasteiger partial charge is 0.367 e. The van der Waals surface area contributed by atoms with Crippen molar-refractivity contribution < 1.29 is 19.5 Å². The maximum atomic E-state index is 11.7. The van der Waals surface area contributed by atoms with Gasteiger partial charge in [-0.15, -0.1) is 0 Å². The number of hydrogen-bond acceptors (Lipinski definition) is 4. The van der Waals surface area contributed by atoms with Crippen molar-refractivity contribution in [2.45, 2.75) is 50.5 Å². The van der Waals surface area contributed by atoms with E-state index in [4.69, 9.17) is 9.94 Å². The molecule has 2 atom stereocenters. The molecular weight excluding hydrogens is 282 g/mol. The highest BCUT2D eigenvalue weighted by Gasteiger charge is 2.38.